The van der Waals surface area contributed by atoms with Crippen LogP contribution in [0.4, 0.5) is 0 Å². The minimum atomic E-state index is -1.31. The fourth-order valence-electron chi connectivity index (χ4n) is 2.53. The normalized spacial score (nSPS) is 10.3. The molecule has 1 N–H and O–H groups in total. The van der Waals surface area contributed by atoms with Crippen molar-refractivity contribution in [1.29, 1.82) is 0 Å². The van der Waals surface area contributed by atoms with E-state index in [1.54, 1.807) is 55.5 Å². The number of hydrogen-bond acceptors (Lipinski definition) is 5. The minimum absolute atomic E-state index is 0.118. The third-order valence-corrected chi connectivity index (χ3v) is 3.67. The van der Waals surface area contributed by atoms with Crippen LogP contribution in [0.2, 0.25) is 0 Å². The second-order valence-corrected chi connectivity index (χ2v) is 5.38. The lowest BCUT2D eigenvalue weighted by atomic mass is 10.0. The SMILES string of the molecule is CCOC(=O)c1c(C(=O)O)nc(-c2ccccc2)nc1-c1ccccc1. The number of esters is 1. The van der Waals surface area contributed by atoms with E-state index in [9.17, 15) is 14.7 Å². The number of carboxylic acid groups (broad SMARTS) is 1. The second-order valence-electron chi connectivity index (χ2n) is 5.38. The third-order valence-electron chi connectivity index (χ3n) is 3.67. The van der Waals surface area contributed by atoms with Crippen molar-refractivity contribution < 1.29 is 19.4 Å². The Kier molecular flexibility index (Phi) is 5.03. The van der Waals surface area contributed by atoms with Crippen LogP contribution in [0.3, 0.4) is 0 Å². The highest BCUT2D eigenvalue weighted by Crippen LogP contribution is 2.28. The molecule has 3 rings (SSSR count). The number of carbonyl (C=O) groups excluding carboxylic acids is 1. The summed E-state index contributed by atoms with van der Waals surface area (Å²) in [6.45, 7) is 1.77. The number of nitrogens with zero attached hydrogens (tertiary/aromatic N) is 2. The van der Waals surface area contributed by atoms with E-state index in [1.165, 1.54) is 0 Å². The molecule has 0 fully saturated rings. The van der Waals surface area contributed by atoms with Gasteiger partial charge in [-0.25, -0.2) is 19.6 Å². The van der Waals surface area contributed by atoms with Gasteiger partial charge in [-0.15, -0.1) is 0 Å². The first-order valence-electron chi connectivity index (χ1n) is 8.05. The molecule has 2 aromatic carbocycles. The number of ether oxygens (including phenoxy) is 1. The van der Waals surface area contributed by atoms with Crippen molar-refractivity contribution in [3.63, 3.8) is 0 Å². The Balaban J connectivity index is 2.32. The molecule has 6 heteroatoms. The van der Waals surface area contributed by atoms with Crippen LogP contribution < -0.4 is 0 Å². The van der Waals surface area contributed by atoms with Gasteiger partial charge in [0.15, 0.2) is 11.5 Å². The molecule has 6 nitrogen and oxygen atoms in total. The quantitative estimate of drug-likeness (QED) is 0.707. The van der Waals surface area contributed by atoms with Crippen LogP contribution in [0.25, 0.3) is 22.6 Å². The summed E-state index contributed by atoms with van der Waals surface area (Å²) in [5.74, 6) is -1.84. The average molecular weight is 348 g/mol. The molecule has 0 aliphatic heterocycles. The molecule has 0 amide bonds. The van der Waals surface area contributed by atoms with Gasteiger partial charge in [0.1, 0.15) is 5.56 Å². The summed E-state index contributed by atoms with van der Waals surface area (Å²) in [6.07, 6.45) is 0. The zero-order chi connectivity index (χ0) is 18.5. The fourth-order valence-corrected chi connectivity index (χ4v) is 2.53. The lowest BCUT2D eigenvalue weighted by molar-refractivity contribution is 0.0513. The Bertz CT molecular complexity index is 941. The largest absolute Gasteiger partial charge is 0.476 e. The summed E-state index contributed by atoms with van der Waals surface area (Å²) in [7, 11) is 0. The van der Waals surface area contributed by atoms with E-state index in [0.29, 0.717) is 11.1 Å². The number of carbonyl (C=O) groups is 2. The first-order valence-corrected chi connectivity index (χ1v) is 8.05. The first kappa shape index (κ1) is 17.3. The van der Waals surface area contributed by atoms with E-state index in [0.717, 1.165) is 0 Å². The Morgan fingerprint density at radius 3 is 2.04 bits per heavy atom. The molecule has 3 aromatic rings. The molecule has 0 atom stereocenters. The highest BCUT2D eigenvalue weighted by Gasteiger charge is 2.27. The van der Waals surface area contributed by atoms with Crippen LogP contribution in [-0.2, 0) is 4.74 Å². The lowest BCUT2D eigenvalue weighted by Gasteiger charge is -2.13. The molecule has 26 heavy (non-hydrogen) atoms. The number of aromatic carboxylic acids is 1. The van der Waals surface area contributed by atoms with Crippen LogP contribution in [0.5, 0.6) is 0 Å². The van der Waals surface area contributed by atoms with Crippen molar-refractivity contribution in [2.24, 2.45) is 0 Å². The second kappa shape index (κ2) is 7.57. The first-order chi connectivity index (χ1) is 12.6. The molecular formula is C20H16N2O4. The monoisotopic (exact) mass is 348 g/mol. The topological polar surface area (TPSA) is 89.4 Å². The minimum Gasteiger partial charge on any atom is -0.476 e. The summed E-state index contributed by atoms with van der Waals surface area (Å²) in [6, 6.07) is 17.9. The van der Waals surface area contributed by atoms with E-state index in [2.05, 4.69) is 9.97 Å². The van der Waals surface area contributed by atoms with Gasteiger partial charge in [-0.2, -0.15) is 0 Å². The van der Waals surface area contributed by atoms with Gasteiger partial charge < -0.3 is 9.84 Å². The van der Waals surface area contributed by atoms with Gasteiger partial charge in [0.25, 0.3) is 0 Å². The van der Waals surface area contributed by atoms with E-state index >= 15 is 0 Å². The lowest BCUT2D eigenvalue weighted by Crippen LogP contribution is -2.17. The van der Waals surface area contributed by atoms with Crippen LogP contribution in [0.15, 0.2) is 60.7 Å². The summed E-state index contributed by atoms with van der Waals surface area (Å²) < 4.78 is 5.04. The zero-order valence-corrected chi connectivity index (χ0v) is 14.0. The van der Waals surface area contributed by atoms with Crippen molar-refractivity contribution in [3.8, 4) is 22.6 Å². The Morgan fingerprint density at radius 2 is 1.50 bits per heavy atom. The van der Waals surface area contributed by atoms with Crippen molar-refractivity contribution in [1.82, 2.24) is 9.97 Å². The Hall–Kier alpha value is -3.54. The van der Waals surface area contributed by atoms with E-state index < -0.39 is 11.9 Å². The number of hydrogen-bond donors (Lipinski definition) is 1. The molecule has 0 radical (unpaired) electrons. The number of benzene rings is 2. The van der Waals surface area contributed by atoms with Crippen LogP contribution >= 0.6 is 0 Å². The maximum Gasteiger partial charge on any atom is 0.355 e. The van der Waals surface area contributed by atoms with E-state index in [1.807, 2.05) is 12.1 Å². The summed E-state index contributed by atoms with van der Waals surface area (Å²) >= 11 is 0. The van der Waals surface area contributed by atoms with Crippen LogP contribution in [0.1, 0.15) is 27.8 Å². The fraction of sp³-hybridized carbons (Fsp3) is 0.100. The average Bonchev–Trinajstić information content (AvgIpc) is 2.68. The summed E-state index contributed by atoms with van der Waals surface area (Å²) in [5, 5.41) is 9.63. The summed E-state index contributed by atoms with van der Waals surface area (Å²) in [4.78, 5) is 32.9. The molecule has 0 unspecified atom stereocenters. The molecule has 130 valence electrons. The Labute approximate surface area is 150 Å². The molecule has 0 bridgehead atoms. The maximum absolute atomic E-state index is 12.4. The van der Waals surface area contributed by atoms with Gasteiger partial charge in [-0.3, -0.25) is 0 Å². The van der Waals surface area contributed by atoms with Crippen LogP contribution in [-0.4, -0.2) is 33.6 Å². The van der Waals surface area contributed by atoms with Crippen molar-refractivity contribution in [3.05, 3.63) is 71.9 Å². The molecule has 0 saturated carbocycles. The highest BCUT2D eigenvalue weighted by molar-refractivity contribution is 6.05. The van der Waals surface area contributed by atoms with E-state index in [-0.39, 0.29) is 29.4 Å². The number of aromatic nitrogens is 2. The standard InChI is InChI=1S/C20H16N2O4/c1-2-26-20(25)15-16(13-9-5-3-6-10-13)21-18(22-17(15)19(23)24)14-11-7-4-8-12-14/h3-12H,2H2,1H3,(H,23,24). The molecule has 0 aliphatic carbocycles. The van der Waals surface area contributed by atoms with Gasteiger partial charge in [0.05, 0.1) is 12.3 Å². The summed E-state index contributed by atoms with van der Waals surface area (Å²) in [5.41, 5.74) is 0.969. The van der Waals surface area contributed by atoms with Crippen molar-refractivity contribution in [2.45, 2.75) is 6.92 Å². The van der Waals surface area contributed by atoms with E-state index in [4.69, 9.17) is 4.74 Å². The van der Waals surface area contributed by atoms with Crippen molar-refractivity contribution in [2.75, 3.05) is 6.61 Å². The third kappa shape index (κ3) is 3.44. The molecular weight excluding hydrogens is 332 g/mol. The number of rotatable bonds is 5. The highest BCUT2D eigenvalue weighted by atomic mass is 16.5. The van der Waals surface area contributed by atoms with Gasteiger partial charge in [-0.05, 0) is 6.92 Å². The molecule has 0 spiro atoms. The van der Waals surface area contributed by atoms with Crippen molar-refractivity contribution >= 4 is 11.9 Å². The Morgan fingerprint density at radius 1 is 0.923 bits per heavy atom. The molecule has 0 saturated heterocycles. The predicted molar refractivity (Wildman–Crippen MR) is 95.8 cm³/mol. The van der Waals surface area contributed by atoms with Gasteiger partial charge in [0, 0.05) is 11.1 Å². The predicted octanol–water partition coefficient (Wildman–Crippen LogP) is 3.69. The smallest absolute Gasteiger partial charge is 0.355 e. The zero-order valence-electron chi connectivity index (χ0n) is 14.0. The van der Waals surface area contributed by atoms with Gasteiger partial charge in [0.2, 0.25) is 0 Å². The van der Waals surface area contributed by atoms with Gasteiger partial charge >= 0.3 is 11.9 Å². The molecule has 1 aromatic heterocycles. The molecule has 1 heterocycles. The van der Waals surface area contributed by atoms with Crippen LogP contribution in [0, 0.1) is 0 Å². The molecule has 0 aliphatic rings. The van der Waals surface area contributed by atoms with Gasteiger partial charge in [-0.1, -0.05) is 60.7 Å². The maximum atomic E-state index is 12.4. The number of carboxylic acids is 1.